The third kappa shape index (κ3) is 9.84. The summed E-state index contributed by atoms with van der Waals surface area (Å²) in [5.41, 5.74) is 0. The third-order valence-corrected chi connectivity index (χ3v) is 3.24. The molecule has 0 saturated carbocycles. The third-order valence-electron chi connectivity index (χ3n) is 0.802. The minimum atomic E-state index is -0.770. The van der Waals surface area contributed by atoms with Gasteiger partial charge in [0.15, 0.2) is 0 Å². The summed E-state index contributed by atoms with van der Waals surface area (Å²) in [5.74, 6) is 0.612. The summed E-state index contributed by atoms with van der Waals surface area (Å²) in [7, 11) is 3.04. The molecule has 0 amide bonds. The van der Waals surface area contributed by atoms with E-state index >= 15 is 0 Å². The Kier molecular flexibility index (Phi) is 7.83. The predicted octanol–water partition coefficient (Wildman–Crippen LogP) is 1.43. The molecule has 1 N–H and O–H groups in total. The molecule has 0 bridgehead atoms. The molecule has 0 aromatic heterocycles. The molecule has 0 aliphatic heterocycles. The lowest BCUT2D eigenvalue weighted by Gasteiger charge is -1.94. The SMILES string of the molecule is O=CCCSSCCC(=O)O. The van der Waals surface area contributed by atoms with E-state index in [9.17, 15) is 9.59 Å². The van der Waals surface area contributed by atoms with Gasteiger partial charge in [-0.15, -0.1) is 0 Å². The zero-order chi connectivity index (χ0) is 8.53. The van der Waals surface area contributed by atoms with Gasteiger partial charge in [-0.25, -0.2) is 0 Å². The zero-order valence-electron chi connectivity index (χ0n) is 5.99. The molecule has 11 heavy (non-hydrogen) atoms. The number of carbonyl (C=O) groups excluding carboxylic acids is 1. The molecule has 64 valence electrons. The van der Waals surface area contributed by atoms with Crippen LogP contribution >= 0.6 is 21.6 Å². The Morgan fingerprint density at radius 1 is 1.36 bits per heavy atom. The monoisotopic (exact) mass is 194 g/mol. The maximum Gasteiger partial charge on any atom is 0.304 e. The van der Waals surface area contributed by atoms with E-state index in [1.165, 1.54) is 10.8 Å². The van der Waals surface area contributed by atoms with Crippen LogP contribution < -0.4 is 0 Å². The second-order valence-corrected chi connectivity index (χ2v) is 4.45. The lowest BCUT2D eigenvalue weighted by Crippen LogP contribution is -1.94. The molecular weight excluding hydrogens is 184 g/mol. The number of aldehydes is 1. The molecule has 0 aliphatic carbocycles. The summed E-state index contributed by atoms with van der Waals surface area (Å²) < 4.78 is 0. The number of rotatable bonds is 7. The van der Waals surface area contributed by atoms with Gasteiger partial charge in [-0.05, 0) is 0 Å². The van der Waals surface area contributed by atoms with Crippen LogP contribution in [0.4, 0.5) is 0 Å². The highest BCUT2D eigenvalue weighted by Crippen LogP contribution is 2.21. The average Bonchev–Trinajstić information content (AvgIpc) is 1.96. The number of hydrogen-bond acceptors (Lipinski definition) is 4. The van der Waals surface area contributed by atoms with Crippen molar-refractivity contribution in [1.82, 2.24) is 0 Å². The normalized spacial score (nSPS) is 9.45. The quantitative estimate of drug-likeness (QED) is 0.377. The van der Waals surface area contributed by atoms with Gasteiger partial charge in [-0.2, -0.15) is 0 Å². The van der Waals surface area contributed by atoms with E-state index in [0.717, 1.165) is 12.0 Å². The Morgan fingerprint density at radius 3 is 2.55 bits per heavy atom. The van der Waals surface area contributed by atoms with Gasteiger partial charge in [-0.3, -0.25) is 4.79 Å². The van der Waals surface area contributed by atoms with E-state index in [-0.39, 0.29) is 6.42 Å². The maximum absolute atomic E-state index is 10.0. The van der Waals surface area contributed by atoms with Crippen LogP contribution in [0, 0.1) is 0 Å². The molecule has 0 spiro atoms. The van der Waals surface area contributed by atoms with Crippen LogP contribution in [-0.2, 0) is 9.59 Å². The van der Waals surface area contributed by atoms with Crippen molar-refractivity contribution >= 4 is 33.8 Å². The van der Waals surface area contributed by atoms with Crippen LogP contribution in [0.3, 0.4) is 0 Å². The van der Waals surface area contributed by atoms with Gasteiger partial charge >= 0.3 is 5.97 Å². The van der Waals surface area contributed by atoms with E-state index in [1.807, 2.05) is 0 Å². The minimum Gasteiger partial charge on any atom is -0.481 e. The molecule has 0 aromatic rings. The highest BCUT2D eigenvalue weighted by atomic mass is 33.1. The Morgan fingerprint density at radius 2 is 2.00 bits per heavy atom. The van der Waals surface area contributed by atoms with Crippen molar-refractivity contribution in [2.75, 3.05) is 11.5 Å². The van der Waals surface area contributed by atoms with E-state index in [1.54, 1.807) is 10.8 Å². The number of carboxylic acid groups (broad SMARTS) is 1. The fraction of sp³-hybridized carbons (Fsp3) is 0.667. The van der Waals surface area contributed by atoms with Gasteiger partial charge in [0.1, 0.15) is 6.29 Å². The summed E-state index contributed by atoms with van der Waals surface area (Å²) in [6.45, 7) is 0. The number of aliphatic carboxylic acids is 1. The highest BCUT2D eigenvalue weighted by molar-refractivity contribution is 8.76. The molecule has 0 aliphatic rings. The molecule has 0 unspecified atom stereocenters. The van der Waals surface area contributed by atoms with Gasteiger partial charge in [-0.1, -0.05) is 21.6 Å². The summed E-state index contributed by atoms with van der Waals surface area (Å²) >= 11 is 0. The Balaban J connectivity index is 2.90. The fourth-order valence-corrected chi connectivity index (χ4v) is 2.27. The lowest BCUT2D eigenvalue weighted by molar-refractivity contribution is -0.136. The van der Waals surface area contributed by atoms with E-state index < -0.39 is 5.97 Å². The van der Waals surface area contributed by atoms with Crippen molar-refractivity contribution in [1.29, 1.82) is 0 Å². The summed E-state index contributed by atoms with van der Waals surface area (Å²) in [5, 5.41) is 8.24. The molecule has 0 heterocycles. The van der Waals surface area contributed by atoms with Crippen LogP contribution in [-0.4, -0.2) is 28.9 Å². The van der Waals surface area contributed by atoms with Crippen LogP contribution in [0.1, 0.15) is 12.8 Å². The van der Waals surface area contributed by atoms with Crippen LogP contribution in [0.5, 0.6) is 0 Å². The van der Waals surface area contributed by atoms with E-state index in [4.69, 9.17) is 5.11 Å². The van der Waals surface area contributed by atoms with Gasteiger partial charge < -0.3 is 9.90 Å². The smallest absolute Gasteiger partial charge is 0.304 e. The predicted molar refractivity (Wildman–Crippen MR) is 47.8 cm³/mol. The highest BCUT2D eigenvalue weighted by Gasteiger charge is 1.96. The van der Waals surface area contributed by atoms with Crippen molar-refractivity contribution in [3.8, 4) is 0 Å². The van der Waals surface area contributed by atoms with Crippen molar-refractivity contribution in [3.05, 3.63) is 0 Å². The summed E-state index contributed by atoms with van der Waals surface area (Å²) in [4.78, 5) is 19.8. The van der Waals surface area contributed by atoms with Gasteiger partial charge in [0.05, 0.1) is 6.42 Å². The molecule has 3 nitrogen and oxygen atoms in total. The standard InChI is InChI=1S/C6H10O3S2/c7-3-1-4-10-11-5-2-6(8)9/h3H,1-2,4-5H2,(H,8,9). The first kappa shape index (κ1) is 10.8. The summed E-state index contributed by atoms with van der Waals surface area (Å²) in [6, 6.07) is 0. The van der Waals surface area contributed by atoms with Crippen LogP contribution in [0.25, 0.3) is 0 Å². The minimum absolute atomic E-state index is 0.193. The van der Waals surface area contributed by atoms with Gasteiger partial charge in [0, 0.05) is 17.9 Å². The molecule has 0 atom stereocenters. The maximum atomic E-state index is 10.0. The Bertz CT molecular complexity index is 127. The first-order valence-electron chi connectivity index (χ1n) is 3.17. The topological polar surface area (TPSA) is 54.4 Å². The molecule has 5 heteroatoms. The molecular formula is C6H10O3S2. The number of carboxylic acids is 1. The fourth-order valence-electron chi connectivity index (χ4n) is 0.343. The van der Waals surface area contributed by atoms with E-state index in [0.29, 0.717) is 12.2 Å². The van der Waals surface area contributed by atoms with Crippen molar-refractivity contribution in [2.24, 2.45) is 0 Å². The molecule has 0 rings (SSSR count). The van der Waals surface area contributed by atoms with E-state index in [2.05, 4.69) is 0 Å². The molecule has 0 aromatic carbocycles. The number of hydrogen-bond donors (Lipinski definition) is 1. The Labute approximate surface area is 73.3 Å². The van der Waals surface area contributed by atoms with Crippen LogP contribution in [0.2, 0.25) is 0 Å². The van der Waals surface area contributed by atoms with Crippen molar-refractivity contribution in [2.45, 2.75) is 12.8 Å². The van der Waals surface area contributed by atoms with Gasteiger partial charge in [0.2, 0.25) is 0 Å². The van der Waals surface area contributed by atoms with Crippen LogP contribution in [0.15, 0.2) is 0 Å². The summed E-state index contributed by atoms with van der Waals surface area (Å²) in [6.07, 6.45) is 1.61. The van der Waals surface area contributed by atoms with Crippen molar-refractivity contribution < 1.29 is 14.7 Å². The second kappa shape index (κ2) is 7.94. The largest absolute Gasteiger partial charge is 0.481 e. The number of carbonyl (C=O) groups is 2. The molecule has 0 radical (unpaired) electrons. The molecule has 0 fully saturated rings. The molecule has 0 saturated heterocycles. The second-order valence-electron chi connectivity index (χ2n) is 1.74. The van der Waals surface area contributed by atoms with Gasteiger partial charge in [0.25, 0.3) is 0 Å². The first-order chi connectivity index (χ1) is 5.27. The Hall–Kier alpha value is -0.160. The lowest BCUT2D eigenvalue weighted by atomic mass is 10.5. The zero-order valence-corrected chi connectivity index (χ0v) is 7.62. The van der Waals surface area contributed by atoms with Crippen molar-refractivity contribution in [3.63, 3.8) is 0 Å². The average molecular weight is 194 g/mol. The first-order valence-corrected chi connectivity index (χ1v) is 5.66.